The van der Waals surface area contributed by atoms with Crippen molar-refractivity contribution in [3.63, 3.8) is 0 Å². The summed E-state index contributed by atoms with van der Waals surface area (Å²) in [5.74, 6) is 1.04. The zero-order valence-corrected chi connectivity index (χ0v) is 9.41. The number of ether oxygens (including phenoxy) is 1. The first-order valence-corrected chi connectivity index (χ1v) is 4.61. The molecule has 0 N–H and O–H groups in total. The van der Waals surface area contributed by atoms with Crippen LogP contribution in [0.25, 0.3) is 0 Å². The van der Waals surface area contributed by atoms with Crippen molar-refractivity contribution < 1.29 is 4.74 Å². The van der Waals surface area contributed by atoms with Crippen molar-refractivity contribution in [3.8, 4) is 5.75 Å². The molecule has 0 fully saturated rings. The van der Waals surface area contributed by atoms with E-state index in [1.807, 2.05) is 0 Å². The Bertz CT molecular complexity index is 308. The predicted octanol–water partition coefficient (Wildman–Crippen LogP) is 3.24. The van der Waals surface area contributed by atoms with Crippen molar-refractivity contribution in [2.45, 2.75) is 34.6 Å². The highest BCUT2D eigenvalue weighted by Gasteiger charge is 2.11. The third kappa shape index (κ3) is 1.43. The lowest BCUT2D eigenvalue weighted by Gasteiger charge is -2.16. The Balaban J connectivity index is 3.56. The fraction of sp³-hybridized carbons (Fsp3) is 0.500. The number of hydrogen-bond acceptors (Lipinski definition) is 1. The van der Waals surface area contributed by atoms with Gasteiger partial charge < -0.3 is 4.74 Å². The molecule has 0 aromatic heterocycles. The Morgan fingerprint density at radius 3 is 1.23 bits per heavy atom. The maximum absolute atomic E-state index is 5.39. The monoisotopic (exact) mass is 178 g/mol. The standard InChI is InChI=1S/C12H18O/c1-7-8(2)10(4)12(13-6)11(5)9(7)3/h1-6H3. The van der Waals surface area contributed by atoms with E-state index in [0.29, 0.717) is 0 Å². The van der Waals surface area contributed by atoms with Crippen molar-refractivity contribution in [1.82, 2.24) is 0 Å². The van der Waals surface area contributed by atoms with Gasteiger partial charge in [0.15, 0.2) is 0 Å². The van der Waals surface area contributed by atoms with Gasteiger partial charge in [0.05, 0.1) is 7.11 Å². The summed E-state index contributed by atoms with van der Waals surface area (Å²) in [4.78, 5) is 0. The molecule has 0 spiro atoms. The summed E-state index contributed by atoms with van der Waals surface area (Å²) in [5.41, 5.74) is 6.61. The Morgan fingerprint density at radius 1 is 0.615 bits per heavy atom. The number of rotatable bonds is 1. The quantitative estimate of drug-likeness (QED) is 0.641. The molecule has 0 unspecified atom stereocenters. The van der Waals surface area contributed by atoms with Crippen molar-refractivity contribution >= 4 is 0 Å². The normalized spacial score (nSPS) is 10.3. The summed E-state index contributed by atoms with van der Waals surface area (Å²) in [5, 5.41) is 0. The first kappa shape index (κ1) is 10.1. The van der Waals surface area contributed by atoms with E-state index in [0.717, 1.165) is 5.75 Å². The Labute approximate surface area is 80.7 Å². The first-order chi connectivity index (χ1) is 6.00. The molecule has 1 nitrogen and oxygen atoms in total. The molecule has 0 saturated carbocycles. The molecule has 1 aromatic rings. The molecule has 0 aliphatic rings. The predicted molar refractivity (Wildman–Crippen MR) is 56.7 cm³/mol. The maximum Gasteiger partial charge on any atom is 0.125 e. The molecule has 0 amide bonds. The average Bonchev–Trinajstić information content (AvgIpc) is 2.13. The summed E-state index contributed by atoms with van der Waals surface area (Å²) < 4.78 is 5.39. The van der Waals surface area contributed by atoms with Gasteiger partial charge in [-0.2, -0.15) is 0 Å². The zero-order chi connectivity index (χ0) is 10.2. The lowest BCUT2D eigenvalue weighted by molar-refractivity contribution is 0.407. The van der Waals surface area contributed by atoms with Crippen LogP contribution in [0.1, 0.15) is 27.8 Å². The van der Waals surface area contributed by atoms with Gasteiger partial charge in [-0.1, -0.05) is 0 Å². The summed E-state index contributed by atoms with van der Waals surface area (Å²) in [6.07, 6.45) is 0. The molecule has 0 saturated heterocycles. The van der Waals surface area contributed by atoms with Crippen LogP contribution in [0, 0.1) is 34.6 Å². The smallest absolute Gasteiger partial charge is 0.125 e. The van der Waals surface area contributed by atoms with Gasteiger partial charge in [0.2, 0.25) is 0 Å². The molecule has 13 heavy (non-hydrogen) atoms. The van der Waals surface area contributed by atoms with Gasteiger partial charge in [-0.05, 0) is 62.4 Å². The van der Waals surface area contributed by atoms with Gasteiger partial charge in [0.1, 0.15) is 5.75 Å². The lowest BCUT2D eigenvalue weighted by atomic mass is 9.94. The highest BCUT2D eigenvalue weighted by atomic mass is 16.5. The van der Waals surface area contributed by atoms with Crippen LogP contribution >= 0.6 is 0 Å². The third-order valence-electron chi connectivity index (χ3n) is 3.14. The SMILES string of the molecule is COc1c(C)c(C)c(C)c(C)c1C. The molecule has 1 heteroatoms. The highest BCUT2D eigenvalue weighted by Crippen LogP contribution is 2.31. The van der Waals surface area contributed by atoms with Crippen LogP contribution in [0.3, 0.4) is 0 Å². The fourth-order valence-electron chi connectivity index (χ4n) is 1.77. The van der Waals surface area contributed by atoms with Crippen LogP contribution in [0.2, 0.25) is 0 Å². The van der Waals surface area contributed by atoms with Crippen LogP contribution in [-0.4, -0.2) is 7.11 Å². The first-order valence-electron chi connectivity index (χ1n) is 4.61. The average molecular weight is 178 g/mol. The van der Waals surface area contributed by atoms with E-state index in [4.69, 9.17) is 4.74 Å². The zero-order valence-electron chi connectivity index (χ0n) is 9.41. The lowest BCUT2D eigenvalue weighted by Crippen LogP contribution is -1.99. The fourth-order valence-corrected chi connectivity index (χ4v) is 1.77. The number of benzene rings is 1. The molecule has 1 aromatic carbocycles. The summed E-state index contributed by atoms with van der Waals surface area (Å²) >= 11 is 0. The van der Waals surface area contributed by atoms with Gasteiger partial charge in [-0.15, -0.1) is 0 Å². The van der Waals surface area contributed by atoms with Crippen LogP contribution in [0.4, 0.5) is 0 Å². The van der Waals surface area contributed by atoms with E-state index < -0.39 is 0 Å². The molecule has 1 rings (SSSR count). The van der Waals surface area contributed by atoms with Crippen LogP contribution in [0.5, 0.6) is 5.75 Å². The van der Waals surface area contributed by atoms with Gasteiger partial charge in [-0.3, -0.25) is 0 Å². The number of hydrogen-bond donors (Lipinski definition) is 0. The molecular formula is C12H18O. The van der Waals surface area contributed by atoms with E-state index in [-0.39, 0.29) is 0 Å². The second-order valence-electron chi connectivity index (χ2n) is 3.66. The molecule has 0 aliphatic carbocycles. The van der Waals surface area contributed by atoms with Gasteiger partial charge >= 0.3 is 0 Å². The van der Waals surface area contributed by atoms with Gasteiger partial charge in [-0.25, -0.2) is 0 Å². The van der Waals surface area contributed by atoms with Crippen molar-refractivity contribution in [3.05, 3.63) is 27.8 Å². The Morgan fingerprint density at radius 2 is 0.923 bits per heavy atom. The van der Waals surface area contributed by atoms with Crippen LogP contribution in [0.15, 0.2) is 0 Å². The molecule has 0 aliphatic heterocycles. The highest BCUT2D eigenvalue weighted by molar-refractivity contribution is 5.53. The van der Waals surface area contributed by atoms with Crippen LogP contribution in [-0.2, 0) is 0 Å². The van der Waals surface area contributed by atoms with E-state index in [1.165, 1.54) is 27.8 Å². The second kappa shape index (κ2) is 3.41. The summed E-state index contributed by atoms with van der Waals surface area (Å²) in [7, 11) is 1.74. The topological polar surface area (TPSA) is 9.23 Å². The second-order valence-corrected chi connectivity index (χ2v) is 3.66. The Kier molecular flexibility index (Phi) is 2.65. The molecule has 0 heterocycles. The number of methoxy groups -OCH3 is 1. The van der Waals surface area contributed by atoms with Gasteiger partial charge in [0.25, 0.3) is 0 Å². The summed E-state index contributed by atoms with van der Waals surface area (Å²) in [6, 6.07) is 0. The van der Waals surface area contributed by atoms with Crippen LogP contribution < -0.4 is 4.74 Å². The summed E-state index contributed by atoms with van der Waals surface area (Å²) in [6.45, 7) is 10.7. The minimum atomic E-state index is 1.04. The third-order valence-corrected chi connectivity index (χ3v) is 3.14. The maximum atomic E-state index is 5.39. The van der Waals surface area contributed by atoms with E-state index in [1.54, 1.807) is 7.11 Å². The Hall–Kier alpha value is -0.980. The van der Waals surface area contributed by atoms with E-state index in [9.17, 15) is 0 Å². The molecular weight excluding hydrogens is 160 g/mol. The minimum absolute atomic E-state index is 1.04. The van der Waals surface area contributed by atoms with Crippen molar-refractivity contribution in [2.75, 3.05) is 7.11 Å². The largest absolute Gasteiger partial charge is 0.496 e. The minimum Gasteiger partial charge on any atom is -0.496 e. The molecule has 72 valence electrons. The molecule has 0 radical (unpaired) electrons. The molecule has 0 atom stereocenters. The van der Waals surface area contributed by atoms with E-state index >= 15 is 0 Å². The van der Waals surface area contributed by atoms with E-state index in [2.05, 4.69) is 34.6 Å². The van der Waals surface area contributed by atoms with Crippen molar-refractivity contribution in [2.24, 2.45) is 0 Å². The van der Waals surface area contributed by atoms with Gasteiger partial charge in [0, 0.05) is 0 Å². The van der Waals surface area contributed by atoms with Crippen molar-refractivity contribution in [1.29, 1.82) is 0 Å². The molecule has 0 bridgehead atoms.